The number of nitrogens with zero attached hydrogens (tertiary/aromatic N) is 2. The molecular weight excluding hydrogens is 328 g/mol. The molecule has 1 amide bonds. The van der Waals surface area contributed by atoms with Crippen LogP contribution in [0.2, 0.25) is 0 Å². The lowest BCUT2D eigenvalue weighted by Gasteiger charge is -2.18. The highest BCUT2D eigenvalue weighted by atomic mass is 16.5. The molecule has 2 aliphatic rings. The highest BCUT2D eigenvalue weighted by molar-refractivity contribution is 5.80. The summed E-state index contributed by atoms with van der Waals surface area (Å²) in [6.45, 7) is 2.78. The number of hydrogen-bond acceptors (Lipinski definition) is 4. The molecule has 1 aliphatic carbocycles. The first-order valence-corrected chi connectivity index (χ1v) is 9.38. The Hall–Kier alpha value is -2.34. The molecule has 1 aliphatic heterocycles. The van der Waals surface area contributed by atoms with Crippen LogP contribution in [0, 0.1) is 11.8 Å². The van der Waals surface area contributed by atoms with E-state index in [4.69, 9.17) is 4.74 Å². The van der Waals surface area contributed by atoms with Gasteiger partial charge in [0, 0.05) is 44.4 Å². The van der Waals surface area contributed by atoms with Gasteiger partial charge in [0.1, 0.15) is 5.75 Å². The molecule has 0 bridgehead atoms. The Morgan fingerprint density at radius 2 is 2.19 bits per heavy atom. The van der Waals surface area contributed by atoms with Crippen molar-refractivity contribution in [2.45, 2.75) is 25.3 Å². The second-order valence-electron chi connectivity index (χ2n) is 7.40. The summed E-state index contributed by atoms with van der Waals surface area (Å²) in [5, 5.41) is 10.7. The molecule has 6 heteroatoms. The van der Waals surface area contributed by atoms with Crippen LogP contribution in [0.15, 0.2) is 36.7 Å². The molecule has 1 saturated heterocycles. The average molecular weight is 354 g/mol. The van der Waals surface area contributed by atoms with E-state index in [9.17, 15) is 4.79 Å². The Morgan fingerprint density at radius 1 is 1.35 bits per heavy atom. The van der Waals surface area contributed by atoms with Crippen LogP contribution in [0.3, 0.4) is 0 Å². The van der Waals surface area contributed by atoms with Crippen molar-refractivity contribution in [2.75, 3.05) is 19.7 Å². The first kappa shape index (κ1) is 17.1. The number of nitrogens with one attached hydrogen (secondary N) is 2. The van der Waals surface area contributed by atoms with Crippen molar-refractivity contribution in [3.63, 3.8) is 0 Å². The molecule has 1 aromatic carbocycles. The Morgan fingerprint density at radius 3 is 2.96 bits per heavy atom. The highest BCUT2D eigenvalue weighted by Gasteiger charge is 2.34. The quantitative estimate of drug-likeness (QED) is 0.796. The van der Waals surface area contributed by atoms with Crippen LogP contribution in [-0.2, 0) is 18.4 Å². The summed E-state index contributed by atoms with van der Waals surface area (Å²) in [7, 11) is 1.90. The summed E-state index contributed by atoms with van der Waals surface area (Å²) in [4.78, 5) is 12.8. The number of aromatic nitrogens is 2. The Bertz CT molecular complexity index is 769. The molecule has 26 heavy (non-hydrogen) atoms. The van der Waals surface area contributed by atoms with Gasteiger partial charge in [-0.1, -0.05) is 18.2 Å². The summed E-state index contributed by atoms with van der Waals surface area (Å²) < 4.78 is 7.73. The minimum Gasteiger partial charge on any atom is -0.493 e. The van der Waals surface area contributed by atoms with E-state index >= 15 is 0 Å². The van der Waals surface area contributed by atoms with Gasteiger partial charge in [-0.15, -0.1) is 0 Å². The molecule has 2 heterocycles. The fourth-order valence-corrected chi connectivity index (χ4v) is 3.53. The van der Waals surface area contributed by atoms with Crippen LogP contribution in [-0.4, -0.2) is 35.4 Å². The first-order chi connectivity index (χ1) is 12.7. The minimum atomic E-state index is -0.0706. The van der Waals surface area contributed by atoms with E-state index in [1.54, 1.807) is 4.68 Å². The van der Waals surface area contributed by atoms with Crippen molar-refractivity contribution >= 4 is 5.91 Å². The average Bonchev–Trinajstić information content (AvgIpc) is 3.17. The molecule has 0 unspecified atom stereocenters. The van der Waals surface area contributed by atoms with E-state index < -0.39 is 0 Å². The smallest absolute Gasteiger partial charge is 0.225 e. The van der Waals surface area contributed by atoms with Crippen LogP contribution in [0.25, 0.3) is 0 Å². The number of rotatable bonds is 7. The van der Waals surface area contributed by atoms with Gasteiger partial charge >= 0.3 is 0 Å². The summed E-state index contributed by atoms with van der Waals surface area (Å²) in [5.74, 6) is 1.78. The topological polar surface area (TPSA) is 68.2 Å². The minimum absolute atomic E-state index is 0.0706. The molecule has 2 fully saturated rings. The summed E-state index contributed by atoms with van der Waals surface area (Å²) in [5.41, 5.74) is 2.15. The van der Waals surface area contributed by atoms with Crippen molar-refractivity contribution in [1.82, 2.24) is 20.4 Å². The van der Waals surface area contributed by atoms with E-state index in [1.165, 1.54) is 12.8 Å². The third kappa shape index (κ3) is 3.90. The Labute approximate surface area is 153 Å². The molecule has 2 N–H and O–H groups in total. The van der Waals surface area contributed by atoms with Crippen LogP contribution < -0.4 is 15.4 Å². The van der Waals surface area contributed by atoms with Gasteiger partial charge in [0.25, 0.3) is 0 Å². The first-order valence-electron chi connectivity index (χ1n) is 9.38. The number of benzene rings is 1. The third-order valence-electron chi connectivity index (χ3n) is 5.30. The van der Waals surface area contributed by atoms with Gasteiger partial charge in [0.05, 0.1) is 18.7 Å². The zero-order valence-electron chi connectivity index (χ0n) is 15.1. The van der Waals surface area contributed by atoms with Gasteiger partial charge in [-0.25, -0.2) is 0 Å². The number of para-hydroxylation sites is 1. The maximum Gasteiger partial charge on any atom is 0.225 e. The monoisotopic (exact) mass is 354 g/mol. The van der Waals surface area contributed by atoms with Gasteiger partial charge < -0.3 is 15.4 Å². The number of aryl methyl sites for hydroxylation is 1. The molecule has 4 rings (SSSR count). The number of hydrogen-bond donors (Lipinski definition) is 2. The van der Waals surface area contributed by atoms with Gasteiger partial charge in [-0.2, -0.15) is 5.10 Å². The van der Waals surface area contributed by atoms with E-state index in [1.807, 2.05) is 43.7 Å². The maximum absolute atomic E-state index is 12.8. The zero-order chi connectivity index (χ0) is 17.9. The van der Waals surface area contributed by atoms with Gasteiger partial charge in [0.2, 0.25) is 5.91 Å². The second-order valence-corrected chi connectivity index (χ2v) is 7.40. The number of carbonyl (C=O) groups is 1. The van der Waals surface area contributed by atoms with E-state index in [0.717, 1.165) is 30.0 Å². The summed E-state index contributed by atoms with van der Waals surface area (Å²) in [6, 6.07) is 7.97. The van der Waals surface area contributed by atoms with Gasteiger partial charge in [0.15, 0.2) is 0 Å². The zero-order valence-corrected chi connectivity index (χ0v) is 15.1. The Balaban J connectivity index is 1.37. The number of amides is 1. The predicted octanol–water partition coefficient (Wildman–Crippen LogP) is 1.83. The van der Waals surface area contributed by atoms with Crippen molar-refractivity contribution in [2.24, 2.45) is 18.9 Å². The predicted molar refractivity (Wildman–Crippen MR) is 98.8 cm³/mol. The van der Waals surface area contributed by atoms with Crippen molar-refractivity contribution < 1.29 is 9.53 Å². The fourth-order valence-electron chi connectivity index (χ4n) is 3.53. The molecular formula is C20H26N4O2. The lowest BCUT2D eigenvalue weighted by molar-refractivity contribution is -0.125. The van der Waals surface area contributed by atoms with Crippen LogP contribution in [0.1, 0.15) is 29.9 Å². The van der Waals surface area contributed by atoms with E-state index in [0.29, 0.717) is 19.0 Å². The van der Waals surface area contributed by atoms with Gasteiger partial charge in [-0.05, 0) is 30.4 Å². The summed E-state index contributed by atoms with van der Waals surface area (Å²) in [6.07, 6.45) is 6.39. The van der Waals surface area contributed by atoms with Crippen molar-refractivity contribution in [1.29, 1.82) is 0 Å². The molecule has 6 nitrogen and oxygen atoms in total. The lowest BCUT2D eigenvalue weighted by atomic mass is 9.90. The molecule has 2 atom stereocenters. The lowest BCUT2D eigenvalue weighted by Crippen LogP contribution is -2.34. The molecule has 138 valence electrons. The number of ether oxygens (including phenoxy) is 1. The fraction of sp³-hybridized carbons (Fsp3) is 0.500. The van der Waals surface area contributed by atoms with Crippen LogP contribution in [0.4, 0.5) is 0 Å². The molecule has 2 aromatic rings. The van der Waals surface area contributed by atoms with Crippen LogP contribution in [0.5, 0.6) is 5.75 Å². The normalized spacial score (nSPS) is 22.3. The molecule has 0 radical (unpaired) electrons. The molecule has 0 spiro atoms. The standard InChI is InChI=1S/C20H26N4O2/c1-24-12-16(9-23-24)17-10-21-11-18(17)20(25)22-8-15-4-2-3-5-19(15)26-13-14-6-7-14/h2-5,9,12,14,17-18,21H,6-8,10-11,13H2,1H3,(H,22,25)/t17-,18+/m1/s1. The second kappa shape index (κ2) is 7.50. The van der Waals surface area contributed by atoms with Crippen LogP contribution >= 0.6 is 0 Å². The SMILES string of the molecule is Cn1cc([C@H]2CNC[C@@H]2C(=O)NCc2ccccc2OCC2CC2)cn1. The largest absolute Gasteiger partial charge is 0.493 e. The maximum atomic E-state index is 12.8. The summed E-state index contributed by atoms with van der Waals surface area (Å²) >= 11 is 0. The van der Waals surface area contributed by atoms with E-state index in [-0.39, 0.29) is 17.7 Å². The van der Waals surface area contributed by atoms with Crippen molar-refractivity contribution in [3.05, 3.63) is 47.8 Å². The molecule has 1 saturated carbocycles. The molecule has 1 aromatic heterocycles. The van der Waals surface area contributed by atoms with E-state index in [2.05, 4.69) is 15.7 Å². The Kier molecular flexibility index (Phi) is 4.93. The van der Waals surface area contributed by atoms with Gasteiger partial charge in [-0.3, -0.25) is 9.48 Å². The van der Waals surface area contributed by atoms with Crippen molar-refractivity contribution in [3.8, 4) is 5.75 Å². The third-order valence-corrected chi connectivity index (χ3v) is 5.30. The highest BCUT2D eigenvalue weighted by Crippen LogP contribution is 2.31. The number of carbonyl (C=O) groups excluding carboxylic acids is 1.